The fourth-order valence-electron chi connectivity index (χ4n) is 3.48. The van der Waals surface area contributed by atoms with Crippen LogP contribution >= 0.6 is 0 Å². The van der Waals surface area contributed by atoms with E-state index in [9.17, 15) is 14.7 Å². The lowest BCUT2D eigenvalue weighted by Crippen LogP contribution is -2.32. The fraction of sp³-hybridized carbons (Fsp3) is 0.217. The number of nitrogens with zero attached hydrogens (tertiary/aromatic N) is 1. The first-order valence-electron chi connectivity index (χ1n) is 9.64. The van der Waals surface area contributed by atoms with Gasteiger partial charge in [0.2, 0.25) is 0 Å². The average Bonchev–Trinajstić information content (AvgIpc) is 3.27. The van der Waals surface area contributed by atoms with Crippen LogP contribution in [-0.2, 0) is 4.79 Å². The summed E-state index contributed by atoms with van der Waals surface area (Å²) in [4.78, 5) is 26.6. The van der Waals surface area contributed by atoms with Gasteiger partial charge in [0.05, 0.1) is 5.56 Å². The number of aromatic hydroxyl groups is 1. The van der Waals surface area contributed by atoms with Crippen molar-refractivity contribution < 1.29 is 19.4 Å². The van der Waals surface area contributed by atoms with Gasteiger partial charge < -0.3 is 20.1 Å². The molecule has 0 aromatic heterocycles. The van der Waals surface area contributed by atoms with Crippen LogP contribution in [0.1, 0.15) is 23.2 Å². The van der Waals surface area contributed by atoms with Crippen LogP contribution in [0.2, 0.25) is 0 Å². The number of benzene rings is 3. The predicted octanol–water partition coefficient (Wildman–Crippen LogP) is 3.80. The molecule has 3 aromatic rings. The third kappa shape index (κ3) is 4.32. The van der Waals surface area contributed by atoms with E-state index in [0.717, 1.165) is 36.7 Å². The van der Waals surface area contributed by atoms with Gasteiger partial charge in [-0.3, -0.25) is 9.59 Å². The summed E-state index contributed by atoms with van der Waals surface area (Å²) in [6, 6.07) is 17.6. The zero-order valence-corrected chi connectivity index (χ0v) is 15.9. The summed E-state index contributed by atoms with van der Waals surface area (Å²) in [6.45, 7) is 1.55. The van der Waals surface area contributed by atoms with E-state index < -0.39 is 5.91 Å². The first-order valence-corrected chi connectivity index (χ1v) is 9.64. The highest BCUT2D eigenvalue weighted by atomic mass is 16.5. The number of phenolic OH excluding ortho intramolecular Hbond substituents is 1. The minimum Gasteiger partial charge on any atom is -0.507 e. The molecule has 0 aliphatic carbocycles. The van der Waals surface area contributed by atoms with Crippen molar-refractivity contribution in [2.24, 2.45) is 0 Å². The Balaban J connectivity index is 1.44. The smallest absolute Gasteiger partial charge is 0.260 e. The van der Waals surface area contributed by atoms with Gasteiger partial charge in [-0.2, -0.15) is 0 Å². The number of rotatable bonds is 5. The SMILES string of the molecule is O=C(Nc1cccc(OCC(=O)N2CCCC2)c1)c1cc2ccccc2cc1O. The first-order chi connectivity index (χ1) is 14.1. The van der Waals surface area contributed by atoms with Crippen molar-refractivity contribution in [1.29, 1.82) is 0 Å². The van der Waals surface area contributed by atoms with Gasteiger partial charge in [-0.05, 0) is 47.9 Å². The second kappa shape index (κ2) is 8.22. The summed E-state index contributed by atoms with van der Waals surface area (Å²) in [5.74, 6) is -0.0283. The number of carbonyl (C=O) groups is 2. The van der Waals surface area contributed by atoms with E-state index in [1.807, 2.05) is 24.3 Å². The van der Waals surface area contributed by atoms with E-state index in [-0.39, 0.29) is 23.8 Å². The lowest BCUT2D eigenvalue weighted by Gasteiger charge is -2.16. The van der Waals surface area contributed by atoms with Crippen molar-refractivity contribution in [1.82, 2.24) is 4.90 Å². The lowest BCUT2D eigenvalue weighted by atomic mass is 10.1. The van der Waals surface area contributed by atoms with Crippen LogP contribution in [0, 0.1) is 0 Å². The molecular formula is C23H22N2O4. The van der Waals surface area contributed by atoms with Gasteiger partial charge in [0.1, 0.15) is 11.5 Å². The Morgan fingerprint density at radius 1 is 0.966 bits per heavy atom. The van der Waals surface area contributed by atoms with E-state index in [4.69, 9.17) is 4.74 Å². The number of anilines is 1. The number of hydrogen-bond donors (Lipinski definition) is 2. The Bertz CT molecular complexity index is 1060. The van der Waals surface area contributed by atoms with E-state index >= 15 is 0 Å². The van der Waals surface area contributed by atoms with Crippen LogP contribution < -0.4 is 10.1 Å². The number of phenols is 1. The number of likely N-dealkylation sites (tertiary alicyclic amines) is 1. The maximum atomic E-state index is 12.7. The molecule has 6 heteroatoms. The highest BCUT2D eigenvalue weighted by Crippen LogP contribution is 2.26. The van der Waals surface area contributed by atoms with Crippen molar-refractivity contribution in [2.45, 2.75) is 12.8 Å². The van der Waals surface area contributed by atoms with E-state index in [2.05, 4.69) is 5.32 Å². The molecule has 1 heterocycles. The van der Waals surface area contributed by atoms with Gasteiger partial charge in [-0.15, -0.1) is 0 Å². The van der Waals surface area contributed by atoms with Crippen molar-refractivity contribution in [3.05, 3.63) is 66.2 Å². The number of fused-ring (bicyclic) bond motifs is 1. The zero-order valence-electron chi connectivity index (χ0n) is 15.9. The molecule has 4 rings (SSSR count). The average molecular weight is 390 g/mol. The Morgan fingerprint density at radius 2 is 1.69 bits per heavy atom. The molecule has 1 fully saturated rings. The largest absolute Gasteiger partial charge is 0.507 e. The third-order valence-corrected chi connectivity index (χ3v) is 5.02. The minimum atomic E-state index is -0.418. The Labute approximate surface area is 168 Å². The van der Waals surface area contributed by atoms with Crippen LogP contribution in [0.5, 0.6) is 11.5 Å². The van der Waals surface area contributed by atoms with E-state index in [1.165, 1.54) is 0 Å². The molecule has 0 unspecified atom stereocenters. The summed E-state index contributed by atoms with van der Waals surface area (Å²) in [5.41, 5.74) is 0.716. The maximum absolute atomic E-state index is 12.7. The van der Waals surface area contributed by atoms with Crippen molar-refractivity contribution >= 4 is 28.3 Å². The molecular weight excluding hydrogens is 368 g/mol. The highest BCUT2D eigenvalue weighted by molar-refractivity contribution is 6.08. The molecule has 2 N–H and O–H groups in total. The molecule has 1 aliphatic heterocycles. The standard InChI is InChI=1S/C23H22N2O4/c26-21-13-17-7-2-1-6-16(17)12-20(21)23(28)24-18-8-5-9-19(14-18)29-15-22(27)25-10-3-4-11-25/h1-2,5-9,12-14,26H,3-4,10-11,15H2,(H,24,28). The first kappa shape index (κ1) is 18.8. The number of ether oxygens (including phenoxy) is 1. The van der Waals surface area contributed by atoms with Crippen molar-refractivity contribution in [3.8, 4) is 11.5 Å². The lowest BCUT2D eigenvalue weighted by molar-refractivity contribution is -0.132. The van der Waals surface area contributed by atoms with Crippen LogP contribution in [0.25, 0.3) is 10.8 Å². The molecule has 0 atom stereocenters. The molecule has 0 spiro atoms. The second-order valence-corrected chi connectivity index (χ2v) is 7.08. The molecule has 2 amide bonds. The molecule has 6 nitrogen and oxygen atoms in total. The molecule has 1 aliphatic rings. The number of nitrogens with one attached hydrogen (secondary N) is 1. The molecule has 0 bridgehead atoms. The molecule has 1 saturated heterocycles. The van der Waals surface area contributed by atoms with Crippen LogP contribution in [-0.4, -0.2) is 41.5 Å². The summed E-state index contributed by atoms with van der Waals surface area (Å²) in [6.07, 6.45) is 2.07. The van der Waals surface area contributed by atoms with Gasteiger partial charge in [0.15, 0.2) is 6.61 Å². The molecule has 29 heavy (non-hydrogen) atoms. The van der Waals surface area contributed by atoms with Crippen LogP contribution in [0.3, 0.4) is 0 Å². The summed E-state index contributed by atoms with van der Waals surface area (Å²) in [7, 11) is 0. The second-order valence-electron chi connectivity index (χ2n) is 7.08. The fourth-order valence-corrected chi connectivity index (χ4v) is 3.48. The normalized spacial score (nSPS) is 13.4. The Hall–Kier alpha value is -3.54. The number of amides is 2. The van der Waals surface area contributed by atoms with Gasteiger partial charge >= 0.3 is 0 Å². The highest BCUT2D eigenvalue weighted by Gasteiger charge is 2.18. The quantitative estimate of drug-likeness (QED) is 0.695. The monoisotopic (exact) mass is 390 g/mol. The third-order valence-electron chi connectivity index (χ3n) is 5.02. The topological polar surface area (TPSA) is 78.9 Å². The number of carbonyl (C=O) groups excluding carboxylic acids is 2. The van der Waals surface area contributed by atoms with Gasteiger partial charge in [-0.25, -0.2) is 0 Å². The van der Waals surface area contributed by atoms with Gasteiger partial charge in [0, 0.05) is 24.8 Å². The summed E-state index contributed by atoms with van der Waals surface area (Å²) < 4.78 is 5.60. The van der Waals surface area contributed by atoms with E-state index in [0.29, 0.717) is 11.4 Å². The Kier molecular flexibility index (Phi) is 5.33. The van der Waals surface area contributed by atoms with Crippen molar-refractivity contribution in [2.75, 3.05) is 25.0 Å². The number of hydrogen-bond acceptors (Lipinski definition) is 4. The van der Waals surface area contributed by atoms with E-state index in [1.54, 1.807) is 41.3 Å². The summed E-state index contributed by atoms with van der Waals surface area (Å²) in [5, 5.41) is 14.7. The van der Waals surface area contributed by atoms with Gasteiger partial charge in [-0.1, -0.05) is 30.3 Å². The van der Waals surface area contributed by atoms with Crippen molar-refractivity contribution in [3.63, 3.8) is 0 Å². The van der Waals surface area contributed by atoms with Crippen LogP contribution in [0.4, 0.5) is 5.69 Å². The molecule has 3 aromatic carbocycles. The zero-order chi connectivity index (χ0) is 20.2. The van der Waals surface area contributed by atoms with Gasteiger partial charge in [0.25, 0.3) is 11.8 Å². The maximum Gasteiger partial charge on any atom is 0.260 e. The minimum absolute atomic E-state index is 0.0249. The Morgan fingerprint density at radius 3 is 2.45 bits per heavy atom. The predicted molar refractivity (Wildman–Crippen MR) is 111 cm³/mol. The molecule has 0 saturated carbocycles. The summed E-state index contributed by atoms with van der Waals surface area (Å²) >= 11 is 0. The van der Waals surface area contributed by atoms with Crippen LogP contribution in [0.15, 0.2) is 60.7 Å². The molecule has 0 radical (unpaired) electrons. The molecule has 148 valence electrons.